The molecule has 1 fully saturated rings. The van der Waals surface area contributed by atoms with Crippen LogP contribution in [-0.2, 0) is 0 Å². The third-order valence-electron chi connectivity index (χ3n) is 2.86. The maximum absolute atomic E-state index is 4.25. The Kier molecular flexibility index (Phi) is 3.06. The predicted octanol–water partition coefficient (Wildman–Crippen LogP) is 3.08. The van der Waals surface area contributed by atoms with Crippen LogP contribution < -0.4 is 4.90 Å². The van der Waals surface area contributed by atoms with Crippen molar-refractivity contribution >= 4 is 21.6 Å². The van der Waals surface area contributed by atoms with Crippen molar-refractivity contribution in [1.29, 1.82) is 0 Å². The number of hydrogen-bond donors (Lipinski definition) is 0. The topological polar surface area (TPSA) is 16.1 Å². The second kappa shape index (κ2) is 4.30. The van der Waals surface area contributed by atoms with E-state index in [2.05, 4.69) is 38.8 Å². The highest BCUT2D eigenvalue weighted by Gasteiger charge is 2.15. The Morgan fingerprint density at radius 3 is 2.64 bits per heavy atom. The van der Waals surface area contributed by atoms with Gasteiger partial charge in [-0.15, -0.1) is 0 Å². The zero-order chi connectivity index (χ0) is 9.97. The van der Waals surface area contributed by atoms with Gasteiger partial charge in [-0.2, -0.15) is 0 Å². The van der Waals surface area contributed by atoms with E-state index in [4.69, 9.17) is 0 Å². The standard InChI is InChI=1S/C11H15BrN2/c1-9-4-6-14(7-5-9)10-2-3-11(12)13-8-10/h2-3,8-9H,4-7H2,1H3. The van der Waals surface area contributed by atoms with Crippen LogP contribution in [0.25, 0.3) is 0 Å². The Labute approximate surface area is 93.5 Å². The molecule has 0 aliphatic carbocycles. The van der Waals surface area contributed by atoms with Gasteiger partial charge in [-0.1, -0.05) is 6.92 Å². The van der Waals surface area contributed by atoms with Crippen LogP contribution in [-0.4, -0.2) is 18.1 Å². The summed E-state index contributed by atoms with van der Waals surface area (Å²) in [4.78, 5) is 6.66. The first kappa shape index (κ1) is 9.97. The second-order valence-electron chi connectivity index (χ2n) is 4.01. The van der Waals surface area contributed by atoms with Gasteiger partial charge < -0.3 is 4.90 Å². The summed E-state index contributed by atoms with van der Waals surface area (Å²) >= 11 is 3.35. The largest absolute Gasteiger partial charge is 0.370 e. The minimum absolute atomic E-state index is 0.884. The molecule has 2 heterocycles. The average molecular weight is 255 g/mol. The number of anilines is 1. The van der Waals surface area contributed by atoms with Crippen LogP contribution in [0, 0.1) is 5.92 Å². The molecule has 0 radical (unpaired) electrons. The lowest BCUT2D eigenvalue weighted by Gasteiger charge is -2.31. The number of aromatic nitrogens is 1. The summed E-state index contributed by atoms with van der Waals surface area (Å²) in [5.74, 6) is 0.884. The number of hydrogen-bond acceptors (Lipinski definition) is 2. The van der Waals surface area contributed by atoms with Crippen molar-refractivity contribution in [1.82, 2.24) is 4.98 Å². The van der Waals surface area contributed by atoms with E-state index in [0.717, 1.165) is 10.5 Å². The number of halogens is 1. The smallest absolute Gasteiger partial charge is 0.106 e. The maximum atomic E-state index is 4.25. The van der Waals surface area contributed by atoms with Crippen LogP contribution in [0.1, 0.15) is 19.8 Å². The van der Waals surface area contributed by atoms with Gasteiger partial charge in [0.1, 0.15) is 4.60 Å². The van der Waals surface area contributed by atoms with Crippen LogP contribution in [0.5, 0.6) is 0 Å². The highest BCUT2D eigenvalue weighted by atomic mass is 79.9. The molecule has 1 aromatic heterocycles. The van der Waals surface area contributed by atoms with Crippen LogP contribution in [0.15, 0.2) is 22.9 Å². The molecule has 0 spiro atoms. The molecule has 0 bridgehead atoms. The lowest BCUT2D eigenvalue weighted by molar-refractivity contribution is 0.438. The van der Waals surface area contributed by atoms with Crippen molar-refractivity contribution in [2.45, 2.75) is 19.8 Å². The molecule has 3 heteroatoms. The first-order chi connectivity index (χ1) is 6.75. The monoisotopic (exact) mass is 254 g/mol. The van der Waals surface area contributed by atoms with Crippen molar-refractivity contribution in [2.24, 2.45) is 5.92 Å². The van der Waals surface area contributed by atoms with Crippen LogP contribution in [0.3, 0.4) is 0 Å². The van der Waals surface area contributed by atoms with E-state index in [1.54, 1.807) is 0 Å². The number of rotatable bonds is 1. The van der Waals surface area contributed by atoms with Crippen LogP contribution >= 0.6 is 15.9 Å². The fourth-order valence-electron chi connectivity index (χ4n) is 1.82. The summed E-state index contributed by atoms with van der Waals surface area (Å²) in [6, 6.07) is 4.14. The highest BCUT2D eigenvalue weighted by molar-refractivity contribution is 9.10. The van der Waals surface area contributed by atoms with Gasteiger partial charge in [-0.3, -0.25) is 0 Å². The molecular weight excluding hydrogens is 240 g/mol. The number of pyridine rings is 1. The second-order valence-corrected chi connectivity index (χ2v) is 4.82. The molecule has 1 saturated heterocycles. The van der Waals surface area contributed by atoms with E-state index < -0.39 is 0 Å². The van der Waals surface area contributed by atoms with E-state index in [-0.39, 0.29) is 0 Å². The summed E-state index contributed by atoms with van der Waals surface area (Å²) in [5, 5.41) is 0. The zero-order valence-electron chi connectivity index (χ0n) is 8.41. The lowest BCUT2D eigenvalue weighted by Crippen LogP contribution is -2.32. The molecule has 14 heavy (non-hydrogen) atoms. The summed E-state index contributed by atoms with van der Waals surface area (Å²) in [6.45, 7) is 4.67. The van der Waals surface area contributed by atoms with Gasteiger partial charge >= 0.3 is 0 Å². The van der Waals surface area contributed by atoms with Gasteiger partial charge in [0.25, 0.3) is 0 Å². The molecule has 0 N–H and O–H groups in total. The van der Waals surface area contributed by atoms with Gasteiger partial charge in [0.2, 0.25) is 0 Å². The summed E-state index contributed by atoms with van der Waals surface area (Å²) in [6.07, 6.45) is 4.55. The number of nitrogens with zero attached hydrogens (tertiary/aromatic N) is 2. The molecule has 2 nitrogen and oxygen atoms in total. The summed E-state index contributed by atoms with van der Waals surface area (Å²) in [5.41, 5.74) is 1.25. The van der Waals surface area contributed by atoms with Gasteiger partial charge in [0.05, 0.1) is 11.9 Å². The molecule has 1 aliphatic rings. The van der Waals surface area contributed by atoms with Crippen molar-refractivity contribution < 1.29 is 0 Å². The number of piperidine rings is 1. The molecule has 0 atom stereocenters. The third-order valence-corrected chi connectivity index (χ3v) is 3.33. The van der Waals surface area contributed by atoms with E-state index in [1.807, 2.05) is 12.3 Å². The Hall–Kier alpha value is -0.570. The molecule has 0 saturated carbocycles. The highest BCUT2D eigenvalue weighted by Crippen LogP contribution is 2.22. The fourth-order valence-corrected chi connectivity index (χ4v) is 2.06. The van der Waals surface area contributed by atoms with Gasteiger partial charge in [-0.05, 0) is 46.8 Å². The Morgan fingerprint density at radius 2 is 2.07 bits per heavy atom. The molecule has 76 valence electrons. The minimum atomic E-state index is 0.884. The van der Waals surface area contributed by atoms with Crippen LogP contribution in [0.4, 0.5) is 5.69 Å². The van der Waals surface area contributed by atoms with Crippen molar-refractivity contribution in [3.8, 4) is 0 Å². The molecular formula is C11H15BrN2. The third kappa shape index (κ3) is 2.27. The molecule has 0 aromatic carbocycles. The maximum Gasteiger partial charge on any atom is 0.106 e. The summed E-state index contributed by atoms with van der Waals surface area (Å²) in [7, 11) is 0. The van der Waals surface area contributed by atoms with E-state index >= 15 is 0 Å². The molecule has 0 unspecified atom stereocenters. The first-order valence-electron chi connectivity index (χ1n) is 5.12. The Bertz CT molecular complexity index is 289. The van der Waals surface area contributed by atoms with Gasteiger partial charge in [0.15, 0.2) is 0 Å². The fraction of sp³-hybridized carbons (Fsp3) is 0.545. The molecule has 2 rings (SSSR count). The lowest BCUT2D eigenvalue weighted by atomic mass is 9.99. The SMILES string of the molecule is CC1CCN(c2ccc(Br)nc2)CC1. The van der Waals surface area contributed by atoms with Gasteiger partial charge in [-0.25, -0.2) is 4.98 Å². The molecule has 1 aliphatic heterocycles. The normalized spacial score (nSPS) is 18.6. The zero-order valence-corrected chi connectivity index (χ0v) is 10.00. The molecule has 1 aromatic rings. The van der Waals surface area contributed by atoms with E-state index in [9.17, 15) is 0 Å². The summed E-state index contributed by atoms with van der Waals surface area (Å²) < 4.78 is 0.909. The van der Waals surface area contributed by atoms with Crippen molar-refractivity contribution in [3.05, 3.63) is 22.9 Å². The van der Waals surface area contributed by atoms with Crippen molar-refractivity contribution in [3.63, 3.8) is 0 Å². The van der Waals surface area contributed by atoms with E-state index in [1.165, 1.54) is 31.6 Å². The Balaban J connectivity index is 2.05. The van der Waals surface area contributed by atoms with Gasteiger partial charge in [0, 0.05) is 13.1 Å². The van der Waals surface area contributed by atoms with E-state index in [0.29, 0.717) is 0 Å². The van der Waals surface area contributed by atoms with Crippen molar-refractivity contribution in [2.75, 3.05) is 18.0 Å². The average Bonchev–Trinajstić information content (AvgIpc) is 2.21. The predicted molar refractivity (Wildman–Crippen MR) is 62.5 cm³/mol. The minimum Gasteiger partial charge on any atom is -0.370 e. The Morgan fingerprint density at radius 1 is 1.36 bits per heavy atom. The first-order valence-corrected chi connectivity index (χ1v) is 5.91. The molecule has 0 amide bonds. The van der Waals surface area contributed by atoms with Crippen LogP contribution in [0.2, 0.25) is 0 Å². The quantitative estimate of drug-likeness (QED) is 0.717.